The SMILES string of the molecule is COC(=O)c1ccc2c(c1)CN(C(=O)CCc1ccccc1O)CC2. The lowest BCUT2D eigenvalue weighted by Gasteiger charge is -2.29. The molecule has 25 heavy (non-hydrogen) atoms. The number of carbonyl (C=O) groups is 2. The maximum Gasteiger partial charge on any atom is 0.337 e. The van der Waals surface area contributed by atoms with Crippen molar-refractivity contribution in [1.29, 1.82) is 0 Å². The molecule has 1 amide bonds. The highest BCUT2D eigenvalue weighted by molar-refractivity contribution is 5.89. The molecule has 1 N–H and O–H groups in total. The standard InChI is InChI=1S/C20H21NO4/c1-25-20(24)16-7-6-14-10-11-21(13-17(14)12-16)19(23)9-8-15-4-2-3-5-18(15)22/h2-7,12,22H,8-11,13H2,1H3. The zero-order valence-electron chi connectivity index (χ0n) is 14.2. The van der Waals surface area contributed by atoms with Gasteiger partial charge in [0.15, 0.2) is 0 Å². The van der Waals surface area contributed by atoms with Crippen LogP contribution in [0.15, 0.2) is 42.5 Å². The van der Waals surface area contributed by atoms with Crippen LogP contribution in [0.1, 0.15) is 33.5 Å². The van der Waals surface area contributed by atoms with Crippen LogP contribution in [0, 0.1) is 0 Å². The molecule has 2 aromatic carbocycles. The number of carbonyl (C=O) groups excluding carboxylic acids is 2. The molecule has 0 saturated heterocycles. The predicted molar refractivity (Wildman–Crippen MR) is 93.3 cm³/mol. The molecule has 0 aliphatic carbocycles. The number of hydrogen-bond acceptors (Lipinski definition) is 4. The van der Waals surface area contributed by atoms with Gasteiger partial charge < -0.3 is 14.7 Å². The molecule has 2 aromatic rings. The number of para-hydroxylation sites is 1. The molecular weight excluding hydrogens is 318 g/mol. The van der Waals surface area contributed by atoms with E-state index in [-0.39, 0.29) is 17.6 Å². The molecule has 3 rings (SSSR count). The van der Waals surface area contributed by atoms with Gasteiger partial charge in [-0.15, -0.1) is 0 Å². The first-order valence-corrected chi connectivity index (χ1v) is 8.33. The molecule has 5 nitrogen and oxygen atoms in total. The second kappa shape index (κ2) is 7.38. The lowest BCUT2D eigenvalue weighted by Crippen LogP contribution is -2.36. The van der Waals surface area contributed by atoms with Crippen LogP contribution in [0.4, 0.5) is 0 Å². The molecule has 5 heteroatoms. The van der Waals surface area contributed by atoms with Crippen LogP contribution in [0.3, 0.4) is 0 Å². The van der Waals surface area contributed by atoms with Crippen molar-refractivity contribution in [2.45, 2.75) is 25.8 Å². The number of aromatic hydroxyl groups is 1. The van der Waals surface area contributed by atoms with Gasteiger partial charge >= 0.3 is 5.97 Å². The Morgan fingerprint density at radius 3 is 2.72 bits per heavy atom. The number of hydrogen-bond donors (Lipinski definition) is 1. The van der Waals surface area contributed by atoms with Crippen LogP contribution in [0.5, 0.6) is 5.75 Å². The molecule has 0 atom stereocenters. The van der Waals surface area contributed by atoms with Gasteiger partial charge in [-0.3, -0.25) is 4.79 Å². The first kappa shape index (κ1) is 17.0. The second-order valence-corrected chi connectivity index (χ2v) is 6.17. The minimum absolute atomic E-state index is 0.0531. The van der Waals surface area contributed by atoms with Crippen molar-refractivity contribution >= 4 is 11.9 Å². The number of benzene rings is 2. The molecule has 0 radical (unpaired) electrons. The van der Waals surface area contributed by atoms with Crippen molar-refractivity contribution in [1.82, 2.24) is 4.90 Å². The second-order valence-electron chi connectivity index (χ2n) is 6.17. The van der Waals surface area contributed by atoms with Gasteiger partial charge in [-0.1, -0.05) is 24.3 Å². The summed E-state index contributed by atoms with van der Waals surface area (Å²) in [7, 11) is 1.36. The van der Waals surface area contributed by atoms with Crippen LogP contribution in [0.25, 0.3) is 0 Å². The normalized spacial score (nSPS) is 13.2. The van der Waals surface area contributed by atoms with Crippen molar-refractivity contribution in [2.24, 2.45) is 0 Å². The Labute approximate surface area is 146 Å². The Bertz CT molecular complexity index is 800. The molecular formula is C20H21NO4. The lowest BCUT2D eigenvalue weighted by molar-refractivity contribution is -0.132. The summed E-state index contributed by atoms with van der Waals surface area (Å²) in [6.45, 7) is 1.17. The topological polar surface area (TPSA) is 66.8 Å². The Hall–Kier alpha value is -2.82. The van der Waals surface area contributed by atoms with Crippen LogP contribution >= 0.6 is 0 Å². The lowest BCUT2D eigenvalue weighted by atomic mass is 9.97. The van der Waals surface area contributed by atoms with E-state index in [1.165, 1.54) is 7.11 Å². The molecule has 0 spiro atoms. The molecule has 0 bridgehead atoms. The summed E-state index contributed by atoms with van der Waals surface area (Å²) >= 11 is 0. The molecule has 0 fully saturated rings. The zero-order chi connectivity index (χ0) is 17.8. The smallest absolute Gasteiger partial charge is 0.337 e. The van der Waals surface area contributed by atoms with Gasteiger partial charge in [-0.25, -0.2) is 4.79 Å². The average molecular weight is 339 g/mol. The minimum atomic E-state index is -0.370. The van der Waals surface area contributed by atoms with Crippen molar-refractivity contribution in [2.75, 3.05) is 13.7 Å². The molecule has 0 saturated carbocycles. The Morgan fingerprint density at radius 1 is 1.16 bits per heavy atom. The number of phenolic OH excluding ortho intramolecular Hbond substituents is 1. The summed E-state index contributed by atoms with van der Waals surface area (Å²) < 4.78 is 4.76. The fraction of sp³-hybridized carbons (Fsp3) is 0.300. The third-order valence-electron chi connectivity index (χ3n) is 4.59. The number of phenols is 1. The van der Waals surface area contributed by atoms with Crippen molar-refractivity contribution in [3.8, 4) is 5.75 Å². The number of nitrogens with zero attached hydrogens (tertiary/aromatic N) is 1. The summed E-state index contributed by atoms with van der Waals surface area (Å²) in [5.74, 6) is -0.0924. The van der Waals surface area contributed by atoms with E-state index in [2.05, 4.69) is 0 Å². The van der Waals surface area contributed by atoms with Crippen molar-refractivity contribution in [3.63, 3.8) is 0 Å². The fourth-order valence-corrected chi connectivity index (χ4v) is 3.14. The first-order valence-electron chi connectivity index (χ1n) is 8.33. The van der Waals surface area contributed by atoms with Crippen molar-refractivity contribution < 1.29 is 19.4 Å². The Morgan fingerprint density at radius 2 is 1.96 bits per heavy atom. The Kier molecular flexibility index (Phi) is 5.03. The largest absolute Gasteiger partial charge is 0.508 e. The number of rotatable bonds is 4. The number of methoxy groups -OCH3 is 1. The number of aryl methyl sites for hydroxylation is 1. The Balaban J connectivity index is 1.66. The molecule has 1 aliphatic rings. The summed E-state index contributed by atoms with van der Waals surface area (Å²) in [6.07, 6.45) is 1.64. The van der Waals surface area contributed by atoms with Crippen molar-refractivity contribution in [3.05, 3.63) is 64.7 Å². The van der Waals surface area contributed by atoms with E-state index in [1.54, 1.807) is 18.2 Å². The summed E-state index contributed by atoms with van der Waals surface area (Å²) in [5, 5.41) is 9.80. The quantitative estimate of drug-likeness (QED) is 0.870. The molecule has 1 aliphatic heterocycles. The van der Waals surface area contributed by atoms with Gasteiger partial charge in [0.1, 0.15) is 5.75 Å². The maximum absolute atomic E-state index is 12.5. The van der Waals surface area contributed by atoms with Gasteiger partial charge in [-0.2, -0.15) is 0 Å². The number of ether oxygens (including phenoxy) is 1. The van der Waals surface area contributed by atoms with Gasteiger partial charge in [-0.05, 0) is 47.7 Å². The highest BCUT2D eigenvalue weighted by atomic mass is 16.5. The summed E-state index contributed by atoms with van der Waals surface area (Å²) in [4.78, 5) is 26.0. The van der Waals surface area contributed by atoms with Gasteiger partial charge in [0, 0.05) is 19.5 Å². The molecule has 1 heterocycles. The predicted octanol–water partition coefficient (Wildman–Crippen LogP) is 2.70. The molecule has 130 valence electrons. The third-order valence-corrected chi connectivity index (χ3v) is 4.59. The minimum Gasteiger partial charge on any atom is -0.508 e. The number of amides is 1. The van der Waals surface area contributed by atoms with E-state index < -0.39 is 0 Å². The van der Waals surface area contributed by atoms with Crippen LogP contribution in [-0.4, -0.2) is 35.5 Å². The van der Waals surface area contributed by atoms with Crippen LogP contribution < -0.4 is 0 Å². The van der Waals surface area contributed by atoms with E-state index in [4.69, 9.17) is 4.74 Å². The monoisotopic (exact) mass is 339 g/mol. The molecule has 0 unspecified atom stereocenters. The van der Waals surface area contributed by atoms with Gasteiger partial charge in [0.2, 0.25) is 5.91 Å². The van der Waals surface area contributed by atoms with E-state index in [9.17, 15) is 14.7 Å². The fourth-order valence-electron chi connectivity index (χ4n) is 3.14. The van der Waals surface area contributed by atoms with E-state index in [0.717, 1.165) is 23.1 Å². The molecule has 0 aromatic heterocycles. The summed E-state index contributed by atoms with van der Waals surface area (Å²) in [6, 6.07) is 12.6. The van der Waals surface area contributed by atoms with Crippen LogP contribution in [-0.2, 0) is 28.9 Å². The number of esters is 1. The van der Waals surface area contributed by atoms with Crippen LogP contribution in [0.2, 0.25) is 0 Å². The zero-order valence-corrected chi connectivity index (χ0v) is 14.2. The van der Waals surface area contributed by atoms with Gasteiger partial charge in [0.25, 0.3) is 0 Å². The first-order chi connectivity index (χ1) is 12.1. The highest BCUT2D eigenvalue weighted by Crippen LogP contribution is 2.23. The van der Waals surface area contributed by atoms with E-state index in [1.807, 2.05) is 29.2 Å². The number of fused-ring (bicyclic) bond motifs is 1. The summed E-state index contributed by atoms with van der Waals surface area (Å²) in [5.41, 5.74) is 3.44. The third kappa shape index (κ3) is 3.82. The average Bonchev–Trinajstić information content (AvgIpc) is 2.65. The van der Waals surface area contributed by atoms with E-state index >= 15 is 0 Å². The van der Waals surface area contributed by atoms with E-state index in [0.29, 0.717) is 31.5 Å². The highest BCUT2D eigenvalue weighted by Gasteiger charge is 2.22. The van der Waals surface area contributed by atoms with Gasteiger partial charge in [0.05, 0.1) is 12.7 Å². The maximum atomic E-state index is 12.5.